The molecule has 1 aromatic carbocycles. The summed E-state index contributed by atoms with van der Waals surface area (Å²) in [5.41, 5.74) is 9.18. The van der Waals surface area contributed by atoms with E-state index >= 15 is 0 Å². The molecule has 0 spiro atoms. The molecular weight excluding hydrogens is 282 g/mol. The Morgan fingerprint density at radius 1 is 1.14 bits per heavy atom. The van der Waals surface area contributed by atoms with E-state index in [1.54, 1.807) is 0 Å². The molecule has 4 heteroatoms. The fraction of sp³-hybridized carbons (Fsp3) is 0.471. The van der Waals surface area contributed by atoms with Crippen LogP contribution >= 0.6 is 11.6 Å². The van der Waals surface area contributed by atoms with E-state index in [0.717, 1.165) is 34.2 Å². The molecule has 2 aromatic rings. The maximum absolute atomic E-state index is 6.33. The predicted octanol–water partition coefficient (Wildman–Crippen LogP) is 4.83. The Hall–Kier alpha value is -1.48. The number of halogens is 1. The number of anilines is 1. The minimum atomic E-state index is 0.548. The molecule has 0 saturated heterocycles. The minimum absolute atomic E-state index is 0.548. The van der Waals surface area contributed by atoms with Crippen molar-refractivity contribution < 1.29 is 0 Å². The Morgan fingerprint density at radius 2 is 1.86 bits per heavy atom. The fourth-order valence-corrected chi connectivity index (χ4v) is 3.59. The average molecular weight is 304 g/mol. The van der Waals surface area contributed by atoms with E-state index in [-0.39, 0.29) is 0 Å². The molecule has 3 rings (SSSR count). The van der Waals surface area contributed by atoms with E-state index in [2.05, 4.69) is 10.2 Å². The Morgan fingerprint density at radius 3 is 2.57 bits per heavy atom. The molecule has 1 fully saturated rings. The molecule has 1 aliphatic rings. The van der Waals surface area contributed by atoms with E-state index in [1.807, 2.05) is 24.3 Å². The van der Waals surface area contributed by atoms with Crippen molar-refractivity contribution in [2.24, 2.45) is 5.92 Å². The van der Waals surface area contributed by atoms with Crippen molar-refractivity contribution in [3.05, 3.63) is 35.0 Å². The van der Waals surface area contributed by atoms with Gasteiger partial charge in [0.25, 0.3) is 0 Å². The van der Waals surface area contributed by atoms with Gasteiger partial charge >= 0.3 is 0 Å². The molecule has 1 saturated carbocycles. The molecule has 0 amide bonds. The lowest BCUT2D eigenvalue weighted by Crippen LogP contribution is -2.05. The molecule has 0 unspecified atom stereocenters. The first kappa shape index (κ1) is 14.5. The highest BCUT2D eigenvalue weighted by atomic mass is 35.5. The van der Waals surface area contributed by atoms with Crippen LogP contribution in [0.15, 0.2) is 24.3 Å². The van der Waals surface area contributed by atoms with Crippen molar-refractivity contribution in [2.75, 3.05) is 5.73 Å². The van der Waals surface area contributed by atoms with Gasteiger partial charge < -0.3 is 5.73 Å². The minimum Gasteiger partial charge on any atom is -0.382 e. The lowest BCUT2D eigenvalue weighted by molar-refractivity contribution is 0.453. The monoisotopic (exact) mass is 303 g/mol. The Kier molecular flexibility index (Phi) is 4.49. The van der Waals surface area contributed by atoms with Gasteiger partial charge in [-0.2, -0.15) is 5.10 Å². The number of benzene rings is 1. The highest BCUT2D eigenvalue weighted by molar-refractivity contribution is 6.33. The van der Waals surface area contributed by atoms with Gasteiger partial charge in [-0.25, -0.2) is 0 Å². The lowest BCUT2D eigenvalue weighted by atomic mass is 9.92. The molecule has 112 valence electrons. The fourth-order valence-electron chi connectivity index (χ4n) is 3.36. The van der Waals surface area contributed by atoms with Gasteiger partial charge in [-0.05, 0) is 18.4 Å². The maximum atomic E-state index is 6.33. The van der Waals surface area contributed by atoms with Crippen molar-refractivity contribution in [1.82, 2.24) is 10.2 Å². The molecule has 0 radical (unpaired) electrons. The number of aromatic amines is 1. The van der Waals surface area contributed by atoms with E-state index < -0.39 is 0 Å². The van der Waals surface area contributed by atoms with Crippen LogP contribution in [0.25, 0.3) is 11.1 Å². The average Bonchev–Trinajstić information content (AvgIpc) is 2.69. The molecular formula is C17H22ClN3. The molecule has 1 aromatic heterocycles. The molecule has 1 aliphatic carbocycles. The van der Waals surface area contributed by atoms with Crippen LogP contribution in [-0.2, 0) is 6.42 Å². The van der Waals surface area contributed by atoms with Crippen LogP contribution in [0.2, 0.25) is 5.02 Å². The number of H-pyrrole nitrogens is 1. The summed E-state index contributed by atoms with van der Waals surface area (Å²) in [6, 6.07) is 7.84. The molecule has 3 nitrogen and oxygen atoms in total. The van der Waals surface area contributed by atoms with Gasteiger partial charge in [0.05, 0.1) is 0 Å². The van der Waals surface area contributed by atoms with Crippen molar-refractivity contribution in [1.29, 1.82) is 0 Å². The predicted molar refractivity (Wildman–Crippen MR) is 88.3 cm³/mol. The topological polar surface area (TPSA) is 54.7 Å². The molecule has 0 bridgehead atoms. The first-order valence-corrected chi connectivity index (χ1v) is 8.21. The largest absolute Gasteiger partial charge is 0.382 e. The highest BCUT2D eigenvalue weighted by Gasteiger charge is 2.20. The molecule has 0 aliphatic heterocycles. The van der Waals surface area contributed by atoms with Crippen LogP contribution in [0.4, 0.5) is 5.82 Å². The van der Waals surface area contributed by atoms with Crippen LogP contribution in [0.5, 0.6) is 0 Å². The molecule has 1 heterocycles. The lowest BCUT2D eigenvalue weighted by Gasteiger charge is -2.14. The van der Waals surface area contributed by atoms with Gasteiger partial charge in [0, 0.05) is 21.8 Å². The quantitative estimate of drug-likeness (QED) is 0.798. The number of nitrogens with zero attached hydrogens (tertiary/aromatic N) is 1. The number of rotatable bonds is 3. The number of hydrogen-bond donors (Lipinski definition) is 2. The zero-order chi connectivity index (χ0) is 14.7. The van der Waals surface area contributed by atoms with Gasteiger partial charge in [-0.1, -0.05) is 68.3 Å². The highest BCUT2D eigenvalue weighted by Crippen LogP contribution is 2.36. The summed E-state index contributed by atoms with van der Waals surface area (Å²) in [6.07, 6.45) is 9.07. The second kappa shape index (κ2) is 6.52. The number of hydrogen-bond acceptors (Lipinski definition) is 2. The standard InChI is InChI=1S/C17H22ClN3/c18-14-10-6-5-9-13(14)16-15(20-21-17(16)19)11-12-7-3-1-2-4-8-12/h5-6,9-10,12H,1-4,7-8,11H2,(H3,19,20,21). The van der Waals surface area contributed by atoms with Crippen molar-refractivity contribution in [2.45, 2.75) is 44.9 Å². The molecule has 0 atom stereocenters. The van der Waals surface area contributed by atoms with Gasteiger partial charge in [0.1, 0.15) is 0 Å². The van der Waals surface area contributed by atoms with Gasteiger partial charge in [-0.3, -0.25) is 5.10 Å². The first-order valence-electron chi connectivity index (χ1n) is 7.83. The van der Waals surface area contributed by atoms with Gasteiger partial charge in [0.2, 0.25) is 0 Å². The number of nitrogens with two attached hydrogens (primary N) is 1. The summed E-state index contributed by atoms with van der Waals surface area (Å²) >= 11 is 6.33. The van der Waals surface area contributed by atoms with Gasteiger partial charge in [0.15, 0.2) is 5.82 Å². The Labute approximate surface area is 130 Å². The normalized spacial score (nSPS) is 16.8. The summed E-state index contributed by atoms with van der Waals surface area (Å²) in [6.45, 7) is 0. The SMILES string of the molecule is Nc1n[nH]c(CC2CCCCCC2)c1-c1ccccc1Cl. The van der Waals surface area contributed by atoms with E-state index in [9.17, 15) is 0 Å². The molecule has 3 N–H and O–H groups in total. The summed E-state index contributed by atoms with van der Waals surface area (Å²) in [7, 11) is 0. The van der Waals surface area contributed by atoms with Crippen LogP contribution in [0, 0.1) is 5.92 Å². The van der Waals surface area contributed by atoms with Gasteiger partial charge in [-0.15, -0.1) is 0 Å². The van der Waals surface area contributed by atoms with E-state index in [4.69, 9.17) is 17.3 Å². The van der Waals surface area contributed by atoms with Crippen molar-refractivity contribution in [3.8, 4) is 11.1 Å². The van der Waals surface area contributed by atoms with Crippen LogP contribution in [0.3, 0.4) is 0 Å². The number of nitrogen functional groups attached to an aromatic ring is 1. The Balaban J connectivity index is 1.88. The Bertz CT molecular complexity index is 598. The summed E-state index contributed by atoms with van der Waals surface area (Å²) in [5, 5.41) is 8.08. The zero-order valence-electron chi connectivity index (χ0n) is 12.2. The second-order valence-electron chi connectivity index (χ2n) is 6.00. The summed E-state index contributed by atoms with van der Waals surface area (Å²) < 4.78 is 0. The third-order valence-electron chi connectivity index (χ3n) is 4.48. The summed E-state index contributed by atoms with van der Waals surface area (Å²) in [5.74, 6) is 1.28. The molecule has 21 heavy (non-hydrogen) atoms. The number of aromatic nitrogens is 2. The smallest absolute Gasteiger partial charge is 0.153 e. The van der Waals surface area contributed by atoms with Crippen molar-refractivity contribution >= 4 is 17.4 Å². The number of nitrogens with one attached hydrogen (secondary N) is 1. The van der Waals surface area contributed by atoms with Crippen molar-refractivity contribution in [3.63, 3.8) is 0 Å². The summed E-state index contributed by atoms with van der Waals surface area (Å²) in [4.78, 5) is 0. The maximum Gasteiger partial charge on any atom is 0.153 e. The van der Waals surface area contributed by atoms with Crippen LogP contribution < -0.4 is 5.73 Å². The first-order chi connectivity index (χ1) is 10.3. The second-order valence-corrected chi connectivity index (χ2v) is 6.41. The van der Waals surface area contributed by atoms with Crippen LogP contribution in [0.1, 0.15) is 44.2 Å². The van der Waals surface area contributed by atoms with E-state index in [1.165, 1.54) is 38.5 Å². The van der Waals surface area contributed by atoms with E-state index in [0.29, 0.717) is 5.82 Å². The van der Waals surface area contributed by atoms with Crippen LogP contribution in [-0.4, -0.2) is 10.2 Å². The zero-order valence-corrected chi connectivity index (χ0v) is 13.0. The third-order valence-corrected chi connectivity index (χ3v) is 4.81. The third kappa shape index (κ3) is 3.24.